The van der Waals surface area contributed by atoms with E-state index in [1.165, 1.54) is 30.5 Å². The average molecular weight is 325 g/mol. The molecular weight excluding hydrogens is 318 g/mol. The molecule has 0 atom stereocenters. The van der Waals surface area contributed by atoms with Crippen molar-refractivity contribution in [2.75, 3.05) is 5.73 Å². The van der Waals surface area contributed by atoms with Crippen LogP contribution in [0.1, 0.15) is 0 Å². The van der Waals surface area contributed by atoms with Gasteiger partial charge in [0, 0.05) is 11.9 Å². The summed E-state index contributed by atoms with van der Waals surface area (Å²) in [7, 11) is 0. The van der Waals surface area contributed by atoms with Crippen LogP contribution < -0.4 is 5.73 Å². The maximum Gasteiger partial charge on any atom is 0.260 e. The summed E-state index contributed by atoms with van der Waals surface area (Å²) in [5.41, 5.74) is 6.68. The number of aromatic nitrogens is 3. The fourth-order valence-electron chi connectivity index (χ4n) is 1.74. The molecule has 0 bridgehead atoms. The molecule has 0 fully saturated rings. The summed E-state index contributed by atoms with van der Waals surface area (Å²) in [4.78, 5) is 8.21. The summed E-state index contributed by atoms with van der Waals surface area (Å²) in [6.45, 7) is 0. The lowest BCUT2D eigenvalue weighted by Crippen LogP contribution is -1.92. The Kier molecular flexibility index (Phi) is 3.48. The molecule has 1 aromatic carbocycles. The van der Waals surface area contributed by atoms with Gasteiger partial charge in [-0.15, -0.1) is 0 Å². The summed E-state index contributed by atoms with van der Waals surface area (Å²) in [6, 6.07) is 5.41. The van der Waals surface area contributed by atoms with E-state index >= 15 is 0 Å². The molecule has 0 aliphatic rings. The normalized spacial score (nSPS) is 10.8. The first-order chi connectivity index (χ1) is 10.0. The highest BCUT2D eigenvalue weighted by Crippen LogP contribution is 2.30. The van der Waals surface area contributed by atoms with Crippen LogP contribution in [0.4, 0.5) is 10.1 Å². The van der Waals surface area contributed by atoms with Crippen LogP contribution in [0.2, 0.25) is 10.0 Å². The zero-order valence-corrected chi connectivity index (χ0v) is 11.9. The van der Waals surface area contributed by atoms with Gasteiger partial charge in [0.05, 0.1) is 15.6 Å². The monoisotopic (exact) mass is 324 g/mol. The zero-order valence-electron chi connectivity index (χ0n) is 10.3. The van der Waals surface area contributed by atoms with Crippen molar-refractivity contribution < 1.29 is 8.91 Å². The number of nitrogens with zero attached hydrogens (tertiary/aromatic N) is 3. The number of pyridine rings is 1. The molecule has 2 aromatic heterocycles. The van der Waals surface area contributed by atoms with Gasteiger partial charge in [-0.25, -0.2) is 9.37 Å². The third-order valence-electron chi connectivity index (χ3n) is 2.69. The van der Waals surface area contributed by atoms with Crippen LogP contribution in [0.5, 0.6) is 0 Å². The van der Waals surface area contributed by atoms with Crippen LogP contribution in [0.25, 0.3) is 23.0 Å². The van der Waals surface area contributed by atoms with E-state index in [9.17, 15) is 4.39 Å². The van der Waals surface area contributed by atoms with Crippen molar-refractivity contribution >= 4 is 28.9 Å². The Morgan fingerprint density at radius 3 is 2.71 bits per heavy atom. The van der Waals surface area contributed by atoms with E-state index in [-0.39, 0.29) is 17.4 Å². The SMILES string of the molecule is Nc1cc(F)ccc1-c1nc(-c2ncc(Cl)cc2Cl)no1. The van der Waals surface area contributed by atoms with Gasteiger partial charge in [0.2, 0.25) is 5.82 Å². The molecule has 5 nitrogen and oxygen atoms in total. The number of halogens is 3. The van der Waals surface area contributed by atoms with Crippen LogP contribution in [-0.4, -0.2) is 15.1 Å². The molecule has 2 heterocycles. The van der Waals surface area contributed by atoms with Gasteiger partial charge in [-0.2, -0.15) is 4.98 Å². The second kappa shape index (κ2) is 5.31. The fraction of sp³-hybridized carbons (Fsp3) is 0. The Balaban J connectivity index is 2.03. The predicted octanol–water partition coefficient (Wildman–Crippen LogP) is 3.83. The first-order valence-electron chi connectivity index (χ1n) is 5.75. The third-order valence-corrected chi connectivity index (χ3v) is 3.18. The van der Waals surface area contributed by atoms with E-state index in [1.807, 2.05) is 0 Å². The highest BCUT2D eigenvalue weighted by atomic mass is 35.5. The molecule has 106 valence electrons. The molecule has 0 aliphatic carbocycles. The molecule has 0 amide bonds. The van der Waals surface area contributed by atoms with E-state index in [0.717, 1.165) is 0 Å². The number of hydrogen-bond acceptors (Lipinski definition) is 5. The first kappa shape index (κ1) is 13.8. The molecule has 3 rings (SSSR count). The topological polar surface area (TPSA) is 77.8 Å². The van der Waals surface area contributed by atoms with Crippen molar-refractivity contribution in [2.24, 2.45) is 0 Å². The molecule has 21 heavy (non-hydrogen) atoms. The Hall–Kier alpha value is -2.18. The molecule has 3 aromatic rings. The lowest BCUT2D eigenvalue weighted by molar-refractivity contribution is 0.432. The number of nitrogen functional groups attached to an aromatic ring is 1. The van der Waals surface area contributed by atoms with E-state index in [2.05, 4.69) is 15.1 Å². The Morgan fingerprint density at radius 1 is 1.19 bits per heavy atom. The van der Waals surface area contributed by atoms with E-state index in [1.54, 1.807) is 0 Å². The summed E-state index contributed by atoms with van der Waals surface area (Å²) in [6.07, 6.45) is 1.42. The van der Waals surface area contributed by atoms with Gasteiger partial charge in [0.25, 0.3) is 5.89 Å². The summed E-state index contributed by atoms with van der Waals surface area (Å²) < 4.78 is 18.2. The van der Waals surface area contributed by atoms with Crippen LogP contribution in [0.15, 0.2) is 35.0 Å². The molecule has 0 saturated carbocycles. The fourth-order valence-corrected chi connectivity index (χ4v) is 2.20. The number of rotatable bonds is 2. The largest absolute Gasteiger partial charge is 0.398 e. The summed E-state index contributed by atoms with van der Waals surface area (Å²) >= 11 is 11.8. The number of benzene rings is 1. The summed E-state index contributed by atoms with van der Waals surface area (Å²) in [5.74, 6) is -0.107. The van der Waals surface area contributed by atoms with E-state index in [0.29, 0.717) is 21.3 Å². The van der Waals surface area contributed by atoms with Gasteiger partial charge in [-0.05, 0) is 24.3 Å². The van der Waals surface area contributed by atoms with Crippen molar-refractivity contribution in [1.29, 1.82) is 0 Å². The number of hydrogen-bond donors (Lipinski definition) is 1. The molecule has 0 spiro atoms. The number of nitrogens with two attached hydrogens (primary N) is 1. The smallest absolute Gasteiger partial charge is 0.260 e. The maximum absolute atomic E-state index is 13.0. The minimum Gasteiger partial charge on any atom is -0.398 e. The van der Waals surface area contributed by atoms with Gasteiger partial charge in [-0.3, -0.25) is 0 Å². The maximum atomic E-state index is 13.0. The van der Waals surface area contributed by atoms with Gasteiger partial charge in [0.1, 0.15) is 11.5 Å². The van der Waals surface area contributed by atoms with E-state index < -0.39 is 5.82 Å². The van der Waals surface area contributed by atoms with Crippen molar-refractivity contribution in [2.45, 2.75) is 0 Å². The van der Waals surface area contributed by atoms with Crippen molar-refractivity contribution in [1.82, 2.24) is 15.1 Å². The Bertz CT molecular complexity index is 756. The molecule has 0 unspecified atom stereocenters. The minimum absolute atomic E-state index is 0.148. The van der Waals surface area contributed by atoms with Crippen molar-refractivity contribution in [3.8, 4) is 23.0 Å². The molecule has 8 heteroatoms. The Morgan fingerprint density at radius 2 is 2.00 bits per heavy atom. The summed E-state index contributed by atoms with van der Waals surface area (Å²) in [5, 5.41) is 4.48. The zero-order chi connectivity index (χ0) is 15.0. The molecule has 0 saturated heterocycles. The standard InChI is InChI=1S/C13H7Cl2FN4O/c14-6-3-9(15)11(18-5-6)12-19-13(21-20-12)8-2-1-7(16)4-10(8)17/h1-5H,17H2. The van der Waals surface area contributed by atoms with Gasteiger partial charge in [0.15, 0.2) is 0 Å². The van der Waals surface area contributed by atoms with Crippen LogP contribution in [-0.2, 0) is 0 Å². The second-order valence-corrected chi connectivity index (χ2v) is 4.98. The van der Waals surface area contributed by atoms with Crippen LogP contribution >= 0.6 is 23.2 Å². The highest BCUT2D eigenvalue weighted by molar-refractivity contribution is 6.35. The second-order valence-electron chi connectivity index (χ2n) is 4.14. The quantitative estimate of drug-likeness (QED) is 0.725. The molecular formula is C13H7Cl2FN4O. The average Bonchev–Trinajstić information content (AvgIpc) is 2.87. The van der Waals surface area contributed by atoms with Crippen LogP contribution in [0, 0.1) is 5.82 Å². The molecule has 0 radical (unpaired) electrons. The lowest BCUT2D eigenvalue weighted by atomic mass is 10.2. The minimum atomic E-state index is -0.446. The molecule has 2 N–H and O–H groups in total. The third kappa shape index (κ3) is 2.68. The van der Waals surface area contributed by atoms with Crippen LogP contribution in [0.3, 0.4) is 0 Å². The predicted molar refractivity (Wildman–Crippen MR) is 77.4 cm³/mol. The van der Waals surface area contributed by atoms with Gasteiger partial charge >= 0.3 is 0 Å². The highest BCUT2D eigenvalue weighted by Gasteiger charge is 2.16. The van der Waals surface area contributed by atoms with Crippen molar-refractivity contribution in [3.63, 3.8) is 0 Å². The molecule has 0 aliphatic heterocycles. The first-order valence-corrected chi connectivity index (χ1v) is 6.50. The number of anilines is 1. The van der Waals surface area contributed by atoms with Gasteiger partial charge < -0.3 is 10.3 Å². The lowest BCUT2D eigenvalue weighted by Gasteiger charge is -1.99. The Labute approximate surface area is 128 Å². The van der Waals surface area contributed by atoms with E-state index in [4.69, 9.17) is 33.5 Å². The van der Waals surface area contributed by atoms with Crippen molar-refractivity contribution in [3.05, 3.63) is 46.3 Å². The van der Waals surface area contributed by atoms with Gasteiger partial charge in [-0.1, -0.05) is 28.4 Å².